The Kier molecular flexibility index (Phi) is 5.22. The molecule has 0 saturated carbocycles. The van der Waals surface area contributed by atoms with Gasteiger partial charge in [-0.15, -0.1) is 0 Å². The van der Waals surface area contributed by atoms with Crippen molar-refractivity contribution >= 4 is 19.9 Å². The highest BCUT2D eigenvalue weighted by Gasteiger charge is 2.43. The first-order valence-corrected chi connectivity index (χ1v) is 9.61. The van der Waals surface area contributed by atoms with Gasteiger partial charge >= 0.3 is 12.1 Å². The van der Waals surface area contributed by atoms with Crippen LogP contribution in [-0.2, 0) is 14.0 Å². The number of allylic oxidation sites excluding steroid dienone is 1. The highest BCUT2D eigenvalue weighted by molar-refractivity contribution is 6.70. The Labute approximate surface area is 122 Å². The molecule has 0 N–H and O–H groups in total. The van der Waals surface area contributed by atoms with E-state index in [1.54, 1.807) is 37.8 Å². The average molecular weight is 318 g/mol. The summed E-state index contributed by atoms with van der Waals surface area (Å²) in [4.78, 5) is 11.8. The molecule has 21 heavy (non-hydrogen) atoms. The van der Waals surface area contributed by atoms with Crippen LogP contribution in [0.3, 0.4) is 0 Å². The van der Waals surface area contributed by atoms with Crippen LogP contribution in [0.4, 0.5) is 13.2 Å². The molecule has 0 aliphatic carbocycles. The molecule has 0 spiro atoms. The van der Waals surface area contributed by atoms with Gasteiger partial charge in [0, 0.05) is 0 Å². The minimum atomic E-state index is -4.78. The summed E-state index contributed by atoms with van der Waals surface area (Å²) in [6, 6.07) is 7.55. The number of esters is 1. The van der Waals surface area contributed by atoms with E-state index in [-0.39, 0.29) is 5.56 Å². The van der Waals surface area contributed by atoms with Crippen molar-refractivity contribution < 1.29 is 27.1 Å². The second-order valence-electron chi connectivity index (χ2n) is 5.27. The Bertz CT molecular complexity index is 531. The lowest BCUT2D eigenvalue weighted by Gasteiger charge is -2.25. The average Bonchev–Trinajstić information content (AvgIpc) is 2.36. The summed E-state index contributed by atoms with van der Waals surface area (Å²) in [6.07, 6.45) is -4.78. The Morgan fingerprint density at radius 2 is 1.62 bits per heavy atom. The third-order valence-corrected chi connectivity index (χ3v) is 3.16. The van der Waals surface area contributed by atoms with Crippen LogP contribution >= 0.6 is 0 Å². The molecule has 0 saturated heterocycles. The van der Waals surface area contributed by atoms with Gasteiger partial charge in [-0.05, 0) is 25.2 Å². The van der Waals surface area contributed by atoms with Crippen molar-refractivity contribution in [1.82, 2.24) is 0 Å². The van der Waals surface area contributed by atoms with Crippen molar-refractivity contribution in [2.75, 3.05) is 7.11 Å². The lowest BCUT2D eigenvalue weighted by atomic mass is 10.0. The van der Waals surface area contributed by atoms with E-state index in [0.717, 1.165) is 7.11 Å². The first-order chi connectivity index (χ1) is 9.56. The van der Waals surface area contributed by atoms with Crippen LogP contribution in [0.2, 0.25) is 19.6 Å². The van der Waals surface area contributed by atoms with Crippen LogP contribution in [0.1, 0.15) is 5.56 Å². The summed E-state index contributed by atoms with van der Waals surface area (Å²) < 4.78 is 49.6. The summed E-state index contributed by atoms with van der Waals surface area (Å²) in [6.45, 7) is 4.83. The molecule has 1 aromatic rings. The molecule has 116 valence electrons. The highest BCUT2D eigenvalue weighted by Crippen LogP contribution is 2.35. The van der Waals surface area contributed by atoms with Crippen LogP contribution in [0.5, 0.6) is 0 Å². The minimum absolute atomic E-state index is 0.106. The van der Waals surface area contributed by atoms with E-state index >= 15 is 0 Å². The van der Waals surface area contributed by atoms with Crippen molar-refractivity contribution in [1.29, 1.82) is 0 Å². The van der Waals surface area contributed by atoms with Gasteiger partial charge in [0.25, 0.3) is 0 Å². The number of alkyl halides is 3. The van der Waals surface area contributed by atoms with Gasteiger partial charge < -0.3 is 9.16 Å². The zero-order valence-electron chi connectivity index (χ0n) is 12.2. The van der Waals surface area contributed by atoms with Gasteiger partial charge in [0.2, 0.25) is 14.1 Å². The number of halogens is 3. The lowest BCUT2D eigenvalue weighted by molar-refractivity contribution is -0.136. The summed E-state index contributed by atoms with van der Waals surface area (Å²) in [5, 5.41) is 0. The van der Waals surface area contributed by atoms with Gasteiger partial charge in [0.05, 0.1) is 7.11 Å². The topological polar surface area (TPSA) is 35.5 Å². The molecule has 1 rings (SSSR count). The summed E-state index contributed by atoms with van der Waals surface area (Å²) in [7, 11) is -1.53. The van der Waals surface area contributed by atoms with E-state index in [4.69, 9.17) is 4.43 Å². The van der Waals surface area contributed by atoms with Gasteiger partial charge in [-0.3, -0.25) is 0 Å². The summed E-state index contributed by atoms with van der Waals surface area (Å²) >= 11 is 0. The maximum atomic E-state index is 13.3. The normalized spacial score (nSPS) is 13.5. The number of hydrogen-bond donors (Lipinski definition) is 0. The van der Waals surface area contributed by atoms with E-state index in [0.29, 0.717) is 0 Å². The smallest absolute Gasteiger partial charge is 0.448 e. The number of ether oxygens (including phenoxy) is 1. The van der Waals surface area contributed by atoms with Crippen LogP contribution in [0.25, 0.3) is 5.57 Å². The van der Waals surface area contributed by atoms with E-state index < -0.39 is 31.8 Å². The minimum Gasteiger partial charge on any atom is -0.540 e. The van der Waals surface area contributed by atoms with Gasteiger partial charge in [0.1, 0.15) is 5.57 Å². The first kappa shape index (κ1) is 17.3. The molecule has 7 heteroatoms. The molecular formula is C14H17F3O3Si. The molecule has 1 aromatic carbocycles. The van der Waals surface area contributed by atoms with Gasteiger partial charge in [-0.2, -0.15) is 13.2 Å². The van der Waals surface area contributed by atoms with Crippen molar-refractivity contribution in [3.63, 3.8) is 0 Å². The quantitative estimate of drug-likeness (QED) is 0.364. The molecule has 0 unspecified atom stereocenters. The van der Waals surface area contributed by atoms with E-state index in [2.05, 4.69) is 4.74 Å². The molecule has 0 heterocycles. The standard InChI is InChI=1S/C14H17F3O3Si/c1-19-13(18)11(10-8-6-5-7-9-10)12(14(15,16)17)20-21(2,3)4/h5-9H,1-4H3/b12-11-. The molecule has 3 nitrogen and oxygen atoms in total. The SMILES string of the molecule is COC(=O)/C(=C(\O[Si](C)(C)C)C(F)(F)F)c1ccccc1. The molecule has 0 aliphatic heterocycles. The predicted molar refractivity (Wildman–Crippen MR) is 75.9 cm³/mol. The molecule has 0 radical (unpaired) electrons. The summed E-state index contributed by atoms with van der Waals surface area (Å²) in [5.41, 5.74) is -0.497. The van der Waals surface area contributed by atoms with E-state index in [9.17, 15) is 18.0 Å². The maximum Gasteiger partial charge on any atom is 0.448 e. The third-order valence-electron chi connectivity index (χ3n) is 2.34. The number of rotatable bonds is 4. The monoisotopic (exact) mass is 318 g/mol. The van der Waals surface area contributed by atoms with Crippen molar-refractivity contribution in [2.24, 2.45) is 0 Å². The molecule has 0 atom stereocenters. The zero-order chi connectivity index (χ0) is 16.3. The predicted octanol–water partition coefficient (Wildman–Crippen LogP) is 3.98. The second kappa shape index (κ2) is 6.34. The fourth-order valence-corrected chi connectivity index (χ4v) is 2.44. The van der Waals surface area contributed by atoms with Gasteiger partial charge in [-0.1, -0.05) is 30.3 Å². The molecule has 0 fully saturated rings. The molecule has 0 bridgehead atoms. The Balaban J connectivity index is 3.57. The number of methoxy groups -OCH3 is 1. The Morgan fingerprint density at radius 1 is 1.10 bits per heavy atom. The number of benzene rings is 1. The molecule has 0 amide bonds. The van der Waals surface area contributed by atoms with Gasteiger partial charge in [0.15, 0.2) is 0 Å². The number of hydrogen-bond acceptors (Lipinski definition) is 3. The molecule has 0 aromatic heterocycles. The van der Waals surface area contributed by atoms with Crippen LogP contribution < -0.4 is 0 Å². The lowest BCUT2D eigenvalue weighted by Crippen LogP contribution is -2.32. The fourth-order valence-electron chi connectivity index (χ4n) is 1.61. The number of carbonyl (C=O) groups is 1. The van der Waals surface area contributed by atoms with Crippen LogP contribution in [-0.4, -0.2) is 27.6 Å². The van der Waals surface area contributed by atoms with Crippen molar-refractivity contribution in [2.45, 2.75) is 25.8 Å². The molecule has 0 aliphatic rings. The summed E-state index contributed by atoms with van der Waals surface area (Å²) in [5.74, 6) is -2.37. The number of carbonyl (C=O) groups excluding carboxylic acids is 1. The first-order valence-electron chi connectivity index (χ1n) is 6.20. The fraction of sp³-hybridized carbons (Fsp3) is 0.357. The maximum absolute atomic E-state index is 13.3. The van der Waals surface area contributed by atoms with Crippen LogP contribution in [0.15, 0.2) is 36.1 Å². The second-order valence-corrected chi connectivity index (χ2v) is 9.70. The van der Waals surface area contributed by atoms with Crippen LogP contribution in [0, 0.1) is 0 Å². The van der Waals surface area contributed by atoms with Crippen molar-refractivity contribution in [3.8, 4) is 0 Å². The highest BCUT2D eigenvalue weighted by atomic mass is 28.4. The van der Waals surface area contributed by atoms with E-state index in [1.165, 1.54) is 12.1 Å². The molecular weight excluding hydrogens is 301 g/mol. The van der Waals surface area contributed by atoms with Gasteiger partial charge in [-0.25, -0.2) is 4.79 Å². The third kappa shape index (κ3) is 4.93. The van der Waals surface area contributed by atoms with Crippen molar-refractivity contribution in [3.05, 3.63) is 41.7 Å². The largest absolute Gasteiger partial charge is 0.540 e. The van der Waals surface area contributed by atoms with E-state index in [1.807, 2.05) is 0 Å². The Hall–Kier alpha value is -1.76. The zero-order valence-corrected chi connectivity index (χ0v) is 13.2. The Morgan fingerprint density at radius 3 is 2.00 bits per heavy atom.